The number of carbonyl (C=O) groups is 1. The first kappa shape index (κ1) is 14.0. The van der Waals surface area contributed by atoms with E-state index in [2.05, 4.69) is 4.98 Å². The third-order valence-corrected chi connectivity index (χ3v) is 3.72. The lowest BCUT2D eigenvalue weighted by molar-refractivity contribution is -0.00237. The molecule has 1 fully saturated rings. The molecule has 0 saturated carbocycles. The van der Waals surface area contributed by atoms with E-state index in [9.17, 15) is 9.90 Å². The Kier molecular flexibility index (Phi) is 3.65. The van der Waals surface area contributed by atoms with Crippen molar-refractivity contribution in [3.63, 3.8) is 0 Å². The highest BCUT2D eigenvalue weighted by Crippen LogP contribution is 2.17. The third kappa shape index (κ3) is 2.64. The van der Waals surface area contributed by atoms with Crippen molar-refractivity contribution in [2.24, 2.45) is 0 Å². The van der Waals surface area contributed by atoms with Crippen LogP contribution in [-0.2, 0) is 4.74 Å². The smallest absolute Gasteiger partial charge is 0.255 e. The molecule has 3 heterocycles. The van der Waals surface area contributed by atoms with Gasteiger partial charge in [-0.25, -0.2) is 4.98 Å². The van der Waals surface area contributed by atoms with E-state index in [1.54, 1.807) is 17.2 Å². The number of aromatic nitrogens is 2. The summed E-state index contributed by atoms with van der Waals surface area (Å²) >= 11 is 0. The van der Waals surface area contributed by atoms with Crippen LogP contribution in [-0.4, -0.2) is 57.2 Å². The van der Waals surface area contributed by atoms with Crippen LogP contribution in [0.15, 0.2) is 24.5 Å². The van der Waals surface area contributed by atoms with Gasteiger partial charge in [-0.2, -0.15) is 0 Å². The Morgan fingerprint density at radius 3 is 3.00 bits per heavy atom. The molecule has 6 nitrogen and oxygen atoms in total. The van der Waals surface area contributed by atoms with Crippen LogP contribution in [0.3, 0.4) is 0 Å². The molecule has 1 aliphatic heterocycles. The summed E-state index contributed by atoms with van der Waals surface area (Å²) in [5.74, 6) is -0.0930. The summed E-state index contributed by atoms with van der Waals surface area (Å²) in [5, 5.41) is 9.93. The molecule has 2 aromatic rings. The third-order valence-electron chi connectivity index (χ3n) is 3.72. The van der Waals surface area contributed by atoms with Crippen molar-refractivity contribution in [1.29, 1.82) is 0 Å². The molecule has 0 radical (unpaired) electrons. The van der Waals surface area contributed by atoms with Crippen LogP contribution in [0.5, 0.6) is 0 Å². The van der Waals surface area contributed by atoms with Crippen LogP contribution in [0.25, 0.3) is 5.65 Å². The Labute approximate surface area is 123 Å². The van der Waals surface area contributed by atoms with Gasteiger partial charge in [-0.3, -0.25) is 4.79 Å². The van der Waals surface area contributed by atoms with Gasteiger partial charge in [0.15, 0.2) is 0 Å². The van der Waals surface area contributed by atoms with E-state index in [1.165, 1.54) is 0 Å². The fourth-order valence-corrected chi connectivity index (χ4v) is 2.73. The number of fused-ring (bicyclic) bond motifs is 1. The highest BCUT2D eigenvalue weighted by molar-refractivity contribution is 5.94. The molecular formula is C15H19N3O3. The lowest BCUT2D eigenvalue weighted by Crippen LogP contribution is -2.30. The van der Waals surface area contributed by atoms with Gasteiger partial charge < -0.3 is 19.1 Å². The summed E-state index contributed by atoms with van der Waals surface area (Å²) in [6.07, 6.45) is 2.75. The van der Waals surface area contributed by atoms with Gasteiger partial charge in [-0.15, -0.1) is 0 Å². The lowest BCUT2D eigenvalue weighted by Gasteiger charge is -2.16. The van der Waals surface area contributed by atoms with E-state index >= 15 is 0 Å². The molecule has 2 atom stereocenters. The number of β-amino-alcohol motifs (C(OH)–C–C–N with tert-alkyl or cyclic N) is 1. The number of likely N-dealkylation sites (tertiary alicyclic amines) is 1. The van der Waals surface area contributed by atoms with Crippen LogP contribution in [0.1, 0.15) is 23.0 Å². The number of aliphatic hydroxyl groups excluding tert-OH is 1. The predicted octanol–water partition coefficient (Wildman–Crippen LogP) is 0.865. The molecule has 1 N–H and O–H groups in total. The number of amides is 1. The quantitative estimate of drug-likeness (QED) is 0.910. The minimum Gasteiger partial charge on any atom is -0.388 e. The average Bonchev–Trinajstić information content (AvgIpc) is 3.00. The number of rotatable bonds is 3. The van der Waals surface area contributed by atoms with Gasteiger partial charge in [-0.1, -0.05) is 0 Å². The topological polar surface area (TPSA) is 67.1 Å². The van der Waals surface area contributed by atoms with Gasteiger partial charge in [-0.05, 0) is 26.0 Å². The Hall–Kier alpha value is -1.92. The molecule has 3 rings (SSSR count). The number of aliphatic hydroxyl groups is 1. The second-order valence-corrected chi connectivity index (χ2v) is 5.34. The standard InChI is InChI=1S/C15H19N3O3/c1-3-21-13-9-18(8-12(13)19)15(20)11-4-5-14-16-10(2)6-17(14)7-11/h4-7,12-13,19H,3,8-9H2,1-2H3/t12-,13-/m0/s1. The molecule has 6 heteroatoms. The molecule has 0 spiro atoms. The van der Waals surface area contributed by atoms with Gasteiger partial charge in [0.1, 0.15) is 11.8 Å². The monoisotopic (exact) mass is 289 g/mol. The summed E-state index contributed by atoms with van der Waals surface area (Å²) in [7, 11) is 0. The van der Waals surface area contributed by atoms with Crippen molar-refractivity contribution < 1.29 is 14.6 Å². The molecule has 0 aromatic carbocycles. The summed E-state index contributed by atoms with van der Waals surface area (Å²) < 4.78 is 7.29. The van der Waals surface area contributed by atoms with Crippen LogP contribution >= 0.6 is 0 Å². The van der Waals surface area contributed by atoms with Gasteiger partial charge in [0.05, 0.1) is 17.4 Å². The second kappa shape index (κ2) is 5.46. The number of ether oxygens (including phenoxy) is 1. The van der Waals surface area contributed by atoms with Crippen molar-refractivity contribution in [1.82, 2.24) is 14.3 Å². The number of carbonyl (C=O) groups excluding carboxylic acids is 1. The number of hydrogen-bond acceptors (Lipinski definition) is 4. The number of pyridine rings is 1. The number of hydrogen-bond donors (Lipinski definition) is 1. The highest BCUT2D eigenvalue weighted by Gasteiger charge is 2.34. The van der Waals surface area contributed by atoms with Crippen LogP contribution in [0.4, 0.5) is 0 Å². The van der Waals surface area contributed by atoms with E-state index in [1.807, 2.05) is 30.5 Å². The van der Waals surface area contributed by atoms with E-state index in [0.29, 0.717) is 25.3 Å². The second-order valence-electron chi connectivity index (χ2n) is 5.34. The van der Waals surface area contributed by atoms with Gasteiger partial charge >= 0.3 is 0 Å². The molecular weight excluding hydrogens is 270 g/mol. The molecule has 0 bridgehead atoms. The molecule has 112 valence electrons. The van der Waals surface area contributed by atoms with E-state index in [0.717, 1.165) is 11.3 Å². The number of nitrogens with zero attached hydrogens (tertiary/aromatic N) is 3. The first-order valence-corrected chi connectivity index (χ1v) is 7.12. The summed E-state index contributed by atoms with van der Waals surface area (Å²) in [6.45, 7) is 5.06. The fourth-order valence-electron chi connectivity index (χ4n) is 2.73. The van der Waals surface area contributed by atoms with Crippen LogP contribution < -0.4 is 0 Å². The minimum absolute atomic E-state index is 0.0930. The van der Waals surface area contributed by atoms with Crippen LogP contribution in [0.2, 0.25) is 0 Å². The molecule has 2 aromatic heterocycles. The molecule has 1 amide bonds. The average molecular weight is 289 g/mol. The molecule has 1 saturated heterocycles. The number of aryl methyl sites for hydroxylation is 1. The lowest BCUT2D eigenvalue weighted by atomic mass is 10.2. The van der Waals surface area contributed by atoms with E-state index in [-0.39, 0.29) is 12.0 Å². The maximum absolute atomic E-state index is 12.5. The minimum atomic E-state index is -0.617. The first-order valence-electron chi connectivity index (χ1n) is 7.12. The van der Waals surface area contributed by atoms with Crippen molar-refractivity contribution in [2.75, 3.05) is 19.7 Å². The Bertz CT molecular complexity index is 667. The van der Waals surface area contributed by atoms with Gasteiger partial charge in [0.25, 0.3) is 5.91 Å². The summed E-state index contributed by atoms with van der Waals surface area (Å²) in [5.41, 5.74) is 2.31. The van der Waals surface area contributed by atoms with Crippen molar-refractivity contribution in [3.05, 3.63) is 35.8 Å². The maximum Gasteiger partial charge on any atom is 0.255 e. The number of imidazole rings is 1. The van der Waals surface area contributed by atoms with Crippen molar-refractivity contribution in [2.45, 2.75) is 26.1 Å². The predicted molar refractivity (Wildman–Crippen MR) is 77.3 cm³/mol. The zero-order valence-electron chi connectivity index (χ0n) is 12.2. The highest BCUT2D eigenvalue weighted by atomic mass is 16.5. The Morgan fingerprint density at radius 2 is 2.24 bits per heavy atom. The molecule has 21 heavy (non-hydrogen) atoms. The Morgan fingerprint density at radius 1 is 1.43 bits per heavy atom. The zero-order chi connectivity index (χ0) is 15.0. The fraction of sp³-hybridized carbons (Fsp3) is 0.467. The first-order chi connectivity index (χ1) is 10.1. The van der Waals surface area contributed by atoms with Crippen molar-refractivity contribution in [3.8, 4) is 0 Å². The zero-order valence-corrected chi connectivity index (χ0v) is 12.2. The maximum atomic E-state index is 12.5. The van der Waals surface area contributed by atoms with Gasteiger partial charge in [0, 0.05) is 32.1 Å². The molecule has 0 unspecified atom stereocenters. The molecule has 1 aliphatic rings. The van der Waals surface area contributed by atoms with Gasteiger partial charge in [0.2, 0.25) is 0 Å². The van der Waals surface area contributed by atoms with E-state index < -0.39 is 6.10 Å². The van der Waals surface area contributed by atoms with Crippen molar-refractivity contribution >= 4 is 11.6 Å². The van der Waals surface area contributed by atoms with E-state index in [4.69, 9.17) is 4.74 Å². The Balaban J connectivity index is 1.80. The molecule has 0 aliphatic carbocycles. The normalized spacial score (nSPS) is 22.1. The largest absolute Gasteiger partial charge is 0.388 e. The SMILES string of the molecule is CCO[C@H]1CN(C(=O)c2ccc3nc(C)cn3c2)C[C@@H]1O. The summed E-state index contributed by atoms with van der Waals surface area (Å²) in [4.78, 5) is 18.5. The summed E-state index contributed by atoms with van der Waals surface area (Å²) in [6, 6.07) is 3.59. The van der Waals surface area contributed by atoms with Crippen LogP contribution in [0, 0.1) is 6.92 Å².